The average Bonchev–Trinajstić information content (AvgIpc) is 3.16. The third-order valence-electron chi connectivity index (χ3n) is 4.14. The summed E-state index contributed by atoms with van der Waals surface area (Å²) in [5.41, 5.74) is 3.56. The molecule has 0 N–H and O–H groups in total. The Hall–Kier alpha value is -1.75. The van der Waals surface area contributed by atoms with Gasteiger partial charge in [-0.05, 0) is 56.9 Å². The van der Waals surface area contributed by atoms with E-state index in [1.807, 2.05) is 18.0 Å². The number of imidazole rings is 1. The Balaban J connectivity index is 1.79. The van der Waals surface area contributed by atoms with Crippen LogP contribution < -0.4 is 0 Å². The van der Waals surface area contributed by atoms with Gasteiger partial charge in [0.1, 0.15) is 0 Å². The highest BCUT2D eigenvalue weighted by Gasteiger charge is 2.25. The van der Waals surface area contributed by atoms with Crippen LogP contribution in [-0.4, -0.2) is 38.7 Å². The van der Waals surface area contributed by atoms with Crippen molar-refractivity contribution in [2.24, 2.45) is 0 Å². The van der Waals surface area contributed by atoms with Gasteiger partial charge < -0.3 is 4.90 Å². The van der Waals surface area contributed by atoms with Gasteiger partial charge in [0.15, 0.2) is 5.16 Å². The van der Waals surface area contributed by atoms with Crippen molar-refractivity contribution in [1.29, 1.82) is 0 Å². The molecule has 1 amide bonds. The van der Waals surface area contributed by atoms with Gasteiger partial charge in [-0.25, -0.2) is 4.98 Å². The number of amides is 1. The third-order valence-corrected chi connectivity index (χ3v) is 5.21. The predicted molar refractivity (Wildman–Crippen MR) is 94.2 cm³/mol. The quantitative estimate of drug-likeness (QED) is 0.805. The minimum absolute atomic E-state index is 0.111. The number of thioether (sulfide) groups is 1. The van der Waals surface area contributed by atoms with Crippen LogP contribution in [0.1, 0.15) is 30.9 Å². The standard InChI is InChI=1S/C18H23N3OS/c1-13-10-14(2)12-16(11-13)21-9-6-19-18(21)23-15(3)17(22)20-7-4-5-8-20/h6,9-12,15H,4-5,7-8H2,1-3H3/t15-/m0/s1. The molecule has 0 saturated carbocycles. The number of rotatable bonds is 4. The first kappa shape index (κ1) is 16.1. The van der Waals surface area contributed by atoms with Crippen molar-refractivity contribution in [3.05, 3.63) is 41.7 Å². The van der Waals surface area contributed by atoms with Crippen LogP contribution in [0, 0.1) is 13.8 Å². The summed E-state index contributed by atoms with van der Waals surface area (Å²) < 4.78 is 2.07. The number of hydrogen-bond acceptors (Lipinski definition) is 3. The van der Waals surface area contributed by atoms with E-state index in [9.17, 15) is 4.79 Å². The summed E-state index contributed by atoms with van der Waals surface area (Å²) in [5, 5.41) is 0.759. The van der Waals surface area contributed by atoms with Crippen molar-refractivity contribution >= 4 is 17.7 Å². The van der Waals surface area contributed by atoms with Gasteiger partial charge in [-0.2, -0.15) is 0 Å². The van der Waals surface area contributed by atoms with Crippen LogP contribution in [0.2, 0.25) is 0 Å². The molecule has 1 saturated heterocycles. The molecule has 0 radical (unpaired) electrons. The summed E-state index contributed by atoms with van der Waals surface area (Å²) in [6.45, 7) is 7.97. The van der Waals surface area contributed by atoms with E-state index in [2.05, 4.69) is 41.6 Å². The molecule has 23 heavy (non-hydrogen) atoms. The molecule has 1 fully saturated rings. The average molecular weight is 329 g/mol. The zero-order valence-corrected chi connectivity index (χ0v) is 14.8. The van der Waals surface area contributed by atoms with E-state index in [0.29, 0.717) is 0 Å². The lowest BCUT2D eigenvalue weighted by atomic mass is 10.1. The van der Waals surface area contributed by atoms with Gasteiger partial charge in [-0.1, -0.05) is 17.8 Å². The van der Waals surface area contributed by atoms with Crippen molar-refractivity contribution in [2.75, 3.05) is 13.1 Å². The van der Waals surface area contributed by atoms with Gasteiger partial charge >= 0.3 is 0 Å². The number of carbonyl (C=O) groups excluding carboxylic acids is 1. The molecule has 1 aromatic heterocycles. The second kappa shape index (κ2) is 6.79. The number of carbonyl (C=O) groups is 1. The molecule has 122 valence electrons. The smallest absolute Gasteiger partial charge is 0.235 e. The van der Waals surface area contributed by atoms with Crippen molar-refractivity contribution in [3.8, 4) is 5.69 Å². The monoisotopic (exact) mass is 329 g/mol. The molecule has 5 heteroatoms. The zero-order valence-electron chi connectivity index (χ0n) is 14.0. The number of benzene rings is 1. The molecule has 0 bridgehead atoms. The maximum absolute atomic E-state index is 12.5. The Bertz CT molecular complexity index is 684. The van der Waals surface area contributed by atoms with Gasteiger partial charge in [0.25, 0.3) is 0 Å². The first-order chi connectivity index (χ1) is 11.0. The summed E-state index contributed by atoms with van der Waals surface area (Å²) in [7, 11) is 0. The maximum atomic E-state index is 12.5. The molecule has 1 aliphatic heterocycles. The maximum Gasteiger partial charge on any atom is 0.235 e. The Morgan fingerprint density at radius 1 is 1.17 bits per heavy atom. The molecular weight excluding hydrogens is 306 g/mol. The highest BCUT2D eigenvalue weighted by molar-refractivity contribution is 8.00. The molecule has 1 aromatic carbocycles. The SMILES string of the molecule is Cc1cc(C)cc(-n2ccnc2S[C@@H](C)C(=O)N2CCCC2)c1. The first-order valence-corrected chi connectivity index (χ1v) is 9.00. The Kier molecular flexibility index (Phi) is 4.76. The molecule has 4 nitrogen and oxygen atoms in total. The van der Waals surface area contributed by atoms with Gasteiger partial charge in [-0.15, -0.1) is 0 Å². The third kappa shape index (κ3) is 3.61. The first-order valence-electron chi connectivity index (χ1n) is 8.12. The lowest BCUT2D eigenvalue weighted by molar-refractivity contribution is -0.129. The molecule has 1 atom stereocenters. The van der Waals surface area contributed by atoms with Crippen LogP contribution in [-0.2, 0) is 4.79 Å². The summed E-state index contributed by atoms with van der Waals surface area (Å²) >= 11 is 1.54. The number of nitrogens with zero attached hydrogens (tertiary/aromatic N) is 3. The van der Waals surface area contributed by atoms with Crippen molar-refractivity contribution in [1.82, 2.24) is 14.5 Å². The lowest BCUT2D eigenvalue weighted by Gasteiger charge is -2.20. The van der Waals surface area contributed by atoms with Crippen molar-refractivity contribution < 1.29 is 4.79 Å². The van der Waals surface area contributed by atoms with Crippen LogP contribution in [0.5, 0.6) is 0 Å². The van der Waals surface area contributed by atoms with E-state index in [1.54, 1.807) is 6.20 Å². The molecular formula is C18H23N3OS. The van der Waals surface area contributed by atoms with Gasteiger partial charge in [-0.3, -0.25) is 9.36 Å². The van der Waals surface area contributed by atoms with E-state index in [0.717, 1.165) is 36.8 Å². The number of hydrogen-bond donors (Lipinski definition) is 0. The normalized spacial score (nSPS) is 15.9. The fourth-order valence-electron chi connectivity index (χ4n) is 3.07. The van der Waals surface area contributed by atoms with Gasteiger partial charge in [0.05, 0.1) is 5.25 Å². The van der Waals surface area contributed by atoms with Crippen molar-refractivity contribution in [3.63, 3.8) is 0 Å². The van der Waals surface area contributed by atoms with Crippen LogP contribution in [0.4, 0.5) is 0 Å². The largest absolute Gasteiger partial charge is 0.342 e. The summed E-state index contributed by atoms with van der Waals surface area (Å²) in [4.78, 5) is 18.9. The summed E-state index contributed by atoms with van der Waals surface area (Å²) in [6, 6.07) is 6.45. The van der Waals surface area contributed by atoms with Crippen LogP contribution in [0.3, 0.4) is 0 Å². The molecule has 0 spiro atoms. The van der Waals surface area contributed by atoms with Crippen LogP contribution >= 0.6 is 11.8 Å². The van der Waals surface area contributed by atoms with E-state index in [1.165, 1.54) is 22.9 Å². The van der Waals surface area contributed by atoms with Crippen molar-refractivity contribution in [2.45, 2.75) is 44.0 Å². The highest BCUT2D eigenvalue weighted by atomic mass is 32.2. The topological polar surface area (TPSA) is 38.1 Å². The van der Waals surface area contributed by atoms with E-state index in [4.69, 9.17) is 0 Å². The molecule has 2 heterocycles. The molecule has 1 aliphatic rings. The van der Waals surface area contributed by atoms with E-state index >= 15 is 0 Å². The Morgan fingerprint density at radius 2 is 1.83 bits per heavy atom. The number of aromatic nitrogens is 2. The highest BCUT2D eigenvalue weighted by Crippen LogP contribution is 2.27. The Labute approximate surface area is 141 Å². The second-order valence-electron chi connectivity index (χ2n) is 6.22. The minimum atomic E-state index is -0.111. The second-order valence-corrected chi connectivity index (χ2v) is 7.53. The summed E-state index contributed by atoms with van der Waals surface area (Å²) in [5.74, 6) is 0.225. The fourth-order valence-corrected chi connectivity index (χ4v) is 4.03. The number of aryl methyl sites for hydroxylation is 2. The minimum Gasteiger partial charge on any atom is -0.342 e. The predicted octanol–water partition coefficient (Wildman–Crippen LogP) is 3.59. The molecule has 0 aliphatic carbocycles. The molecule has 2 aromatic rings. The zero-order chi connectivity index (χ0) is 16.4. The van der Waals surface area contributed by atoms with Gasteiger partial charge in [0, 0.05) is 31.2 Å². The molecule has 0 unspecified atom stereocenters. The van der Waals surface area contributed by atoms with Gasteiger partial charge in [0.2, 0.25) is 5.91 Å². The van der Waals surface area contributed by atoms with Crippen LogP contribution in [0.15, 0.2) is 35.7 Å². The Morgan fingerprint density at radius 3 is 2.48 bits per heavy atom. The van der Waals surface area contributed by atoms with E-state index in [-0.39, 0.29) is 11.2 Å². The lowest BCUT2D eigenvalue weighted by Crippen LogP contribution is -2.34. The molecule has 3 rings (SSSR count). The van der Waals surface area contributed by atoms with E-state index < -0.39 is 0 Å². The van der Waals surface area contributed by atoms with Crippen LogP contribution in [0.25, 0.3) is 5.69 Å². The number of likely N-dealkylation sites (tertiary alicyclic amines) is 1. The fraction of sp³-hybridized carbons (Fsp3) is 0.444. The summed E-state index contributed by atoms with van der Waals surface area (Å²) in [6.07, 6.45) is 6.01.